The van der Waals surface area contributed by atoms with Gasteiger partial charge in [-0.3, -0.25) is 9.52 Å². The van der Waals surface area contributed by atoms with Crippen LogP contribution in [0.5, 0.6) is 0 Å². The molecule has 28 heavy (non-hydrogen) atoms. The summed E-state index contributed by atoms with van der Waals surface area (Å²) in [6, 6.07) is 12.9. The van der Waals surface area contributed by atoms with E-state index in [2.05, 4.69) is 10.0 Å². The van der Waals surface area contributed by atoms with Crippen molar-refractivity contribution < 1.29 is 13.2 Å². The first-order valence-corrected chi connectivity index (χ1v) is 10.3. The van der Waals surface area contributed by atoms with Crippen molar-refractivity contribution in [2.75, 3.05) is 11.3 Å². The van der Waals surface area contributed by atoms with E-state index in [1.807, 2.05) is 39.8 Å². The van der Waals surface area contributed by atoms with Crippen LogP contribution in [-0.2, 0) is 10.0 Å². The van der Waals surface area contributed by atoms with Crippen LogP contribution in [0.4, 0.5) is 5.69 Å². The second-order valence-electron chi connectivity index (χ2n) is 7.23. The highest BCUT2D eigenvalue weighted by Crippen LogP contribution is 2.19. The summed E-state index contributed by atoms with van der Waals surface area (Å²) in [5, 5.41) is 2.93. The van der Waals surface area contributed by atoms with Crippen LogP contribution < -0.4 is 15.8 Å². The Kier molecular flexibility index (Phi) is 8.05. The lowest BCUT2D eigenvalue weighted by atomic mass is 9.88. The number of anilines is 1. The van der Waals surface area contributed by atoms with Crippen LogP contribution in [0.15, 0.2) is 53.4 Å². The number of carbonyl (C=O) groups excluding carboxylic acids is 1. The van der Waals surface area contributed by atoms with Crippen LogP contribution in [0.25, 0.3) is 0 Å². The Morgan fingerprint density at radius 3 is 2.07 bits per heavy atom. The van der Waals surface area contributed by atoms with Gasteiger partial charge in [-0.05, 0) is 56.2 Å². The molecule has 0 heterocycles. The fourth-order valence-corrected chi connectivity index (χ4v) is 3.44. The van der Waals surface area contributed by atoms with Gasteiger partial charge in [0.1, 0.15) is 0 Å². The zero-order chi connectivity index (χ0) is 20.2. The maximum Gasteiger partial charge on any atom is 0.261 e. The lowest BCUT2D eigenvalue weighted by Gasteiger charge is -2.33. The molecule has 2 rings (SSSR count). The Labute approximate surface area is 173 Å². The van der Waals surface area contributed by atoms with E-state index in [-0.39, 0.29) is 29.1 Å². The van der Waals surface area contributed by atoms with Crippen LogP contribution in [-0.4, -0.2) is 26.4 Å². The number of hydrogen-bond donors (Lipinski definition) is 3. The van der Waals surface area contributed by atoms with E-state index in [4.69, 9.17) is 5.73 Å². The normalized spacial score (nSPS) is 13.4. The van der Waals surface area contributed by atoms with E-state index in [0.717, 1.165) is 5.56 Å². The first-order valence-electron chi connectivity index (χ1n) is 8.79. The van der Waals surface area contributed by atoms with Gasteiger partial charge in [0.15, 0.2) is 0 Å². The van der Waals surface area contributed by atoms with Gasteiger partial charge >= 0.3 is 0 Å². The maximum absolute atomic E-state index is 12.5. The van der Waals surface area contributed by atoms with Crippen molar-refractivity contribution in [1.29, 1.82) is 0 Å². The molecule has 6 nitrogen and oxygen atoms in total. The van der Waals surface area contributed by atoms with Gasteiger partial charge in [0.05, 0.1) is 10.4 Å². The molecule has 0 aliphatic rings. The number of nitrogens with two attached hydrogens (primary N) is 1. The minimum Gasteiger partial charge on any atom is -0.345 e. The summed E-state index contributed by atoms with van der Waals surface area (Å²) < 4.78 is 27.5. The number of halogens is 1. The number of amides is 1. The second kappa shape index (κ2) is 9.41. The molecular formula is C20H28ClN3O3S. The molecule has 154 valence electrons. The number of rotatable bonds is 7. The molecule has 2 aromatic rings. The molecule has 4 N–H and O–H groups in total. The van der Waals surface area contributed by atoms with Gasteiger partial charge < -0.3 is 11.1 Å². The number of benzene rings is 2. The second-order valence-corrected chi connectivity index (χ2v) is 8.91. The molecule has 0 fully saturated rings. The highest BCUT2D eigenvalue weighted by molar-refractivity contribution is 7.92. The molecule has 1 atom stereocenters. The number of carbonyl (C=O) groups is 1. The lowest BCUT2D eigenvalue weighted by molar-refractivity contribution is 0.0883. The van der Waals surface area contributed by atoms with Crippen molar-refractivity contribution in [1.82, 2.24) is 5.32 Å². The minimum atomic E-state index is -3.72. The molecule has 1 amide bonds. The zero-order valence-electron chi connectivity index (χ0n) is 16.5. The third-order valence-electron chi connectivity index (χ3n) is 4.83. The quantitative estimate of drug-likeness (QED) is 0.633. The summed E-state index contributed by atoms with van der Waals surface area (Å²) in [5.41, 5.74) is 7.17. The van der Waals surface area contributed by atoms with E-state index in [1.54, 1.807) is 12.1 Å². The van der Waals surface area contributed by atoms with Crippen molar-refractivity contribution in [3.63, 3.8) is 0 Å². The summed E-state index contributed by atoms with van der Waals surface area (Å²) >= 11 is 0. The summed E-state index contributed by atoms with van der Waals surface area (Å²) in [7, 11) is -3.72. The Morgan fingerprint density at radius 1 is 1.07 bits per heavy atom. The minimum absolute atomic E-state index is 0. The van der Waals surface area contributed by atoms with E-state index in [0.29, 0.717) is 17.8 Å². The molecule has 8 heteroatoms. The molecule has 0 saturated heterocycles. The topological polar surface area (TPSA) is 101 Å². The van der Waals surface area contributed by atoms with Crippen LogP contribution in [0.1, 0.15) is 36.7 Å². The largest absolute Gasteiger partial charge is 0.345 e. The molecular weight excluding hydrogens is 398 g/mol. The highest BCUT2D eigenvalue weighted by atomic mass is 35.5. The molecule has 0 bridgehead atoms. The molecule has 0 saturated carbocycles. The van der Waals surface area contributed by atoms with Crippen molar-refractivity contribution in [3.8, 4) is 0 Å². The van der Waals surface area contributed by atoms with Crippen molar-refractivity contribution in [3.05, 3.63) is 59.7 Å². The van der Waals surface area contributed by atoms with Gasteiger partial charge in [0.2, 0.25) is 0 Å². The summed E-state index contributed by atoms with van der Waals surface area (Å²) in [5.74, 6) is -0.128. The maximum atomic E-state index is 12.5. The Balaban J connectivity index is 0.00000392. The molecule has 0 radical (unpaired) electrons. The van der Waals surface area contributed by atoms with Gasteiger partial charge in [0, 0.05) is 17.8 Å². The molecule has 0 spiro atoms. The van der Waals surface area contributed by atoms with Crippen LogP contribution in [0, 0.1) is 12.8 Å². The van der Waals surface area contributed by atoms with E-state index in [1.165, 1.54) is 24.3 Å². The van der Waals surface area contributed by atoms with Crippen molar-refractivity contribution >= 4 is 34.0 Å². The van der Waals surface area contributed by atoms with Crippen LogP contribution >= 0.6 is 12.4 Å². The zero-order valence-corrected chi connectivity index (χ0v) is 18.2. The van der Waals surface area contributed by atoms with Gasteiger partial charge in [-0.1, -0.05) is 31.5 Å². The predicted octanol–water partition coefficient (Wildman–Crippen LogP) is 3.32. The standard InChI is InChI=1S/C20H27N3O3S.ClH/c1-14(2)20(4,13-21)22-19(24)16-7-11-18(12-8-16)27(25,26)23-17-9-5-15(3)6-10-17;/h5-12,14,23H,13,21H2,1-4H3,(H,22,24);1H. The van der Waals surface area contributed by atoms with Gasteiger partial charge in [-0.15, -0.1) is 12.4 Å². The van der Waals surface area contributed by atoms with Gasteiger partial charge in [-0.2, -0.15) is 0 Å². The highest BCUT2D eigenvalue weighted by Gasteiger charge is 2.29. The van der Waals surface area contributed by atoms with Gasteiger partial charge in [-0.25, -0.2) is 8.42 Å². The average molecular weight is 426 g/mol. The average Bonchev–Trinajstić information content (AvgIpc) is 2.63. The lowest BCUT2D eigenvalue weighted by Crippen LogP contribution is -2.55. The summed E-state index contributed by atoms with van der Waals surface area (Å²) in [4.78, 5) is 12.6. The Bertz CT molecular complexity index is 897. The third-order valence-corrected chi connectivity index (χ3v) is 6.23. The Hall–Kier alpha value is -2.09. The fourth-order valence-electron chi connectivity index (χ4n) is 2.38. The molecule has 1 unspecified atom stereocenters. The van der Waals surface area contributed by atoms with E-state index >= 15 is 0 Å². The van der Waals surface area contributed by atoms with Gasteiger partial charge in [0.25, 0.3) is 15.9 Å². The van der Waals surface area contributed by atoms with Crippen LogP contribution in [0.3, 0.4) is 0 Å². The first-order chi connectivity index (χ1) is 12.6. The first kappa shape index (κ1) is 23.9. The number of hydrogen-bond acceptors (Lipinski definition) is 4. The molecule has 0 aromatic heterocycles. The Morgan fingerprint density at radius 2 is 1.61 bits per heavy atom. The summed E-state index contributed by atoms with van der Waals surface area (Å²) in [6.07, 6.45) is 0. The smallest absolute Gasteiger partial charge is 0.261 e. The van der Waals surface area contributed by atoms with Crippen LogP contribution in [0.2, 0.25) is 0 Å². The fraction of sp³-hybridized carbons (Fsp3) is 0.350. The van der Waals surface area contributed by atoms with Crippen molar-refractivity contribution in [2.24, 2.45) is 11.7 Å². The molecule has 0 aliphatic heterocycles. The predicted molar refractivity (Wildman–Crippen MR) is 115 cm³/mol. The number of nitrogens with one attached hydrogen (secondary N) is 2. The van der Waals surface area contributed by atoms with Crippen molar-refractivity contribution in [2.45, 2.75) is 38.1 Å². The SMILES string of the molecule is Cc1ccc(NS(=O)(=O)c2ccc(C(=O)NC(C)(CN)C(C)C)cc2)cc1.Cl. The van der Waals surface area contributed by atoms with E-state index in [9.17, 15) is 13.2 Å². The number of aryl methyl sites for hydroxylation is 1. The third kappa shape index (κ3) is 5.70. The monoisotopic (exact) mass is 425 g/mol. The molecule has 0 aliphatic carbocycles. The molecule has 2 aromatic carbocycles. The van der Waals surface area contributed by atoms with E-state index < -0.39 is 15.6 Å². The summed E-state index contributed by atoms with van der Waals surface area (Å²) in [6.45, 7) is 8.10. The number of sulfonamides is 1.